The summed E-state index contributed by atoms with van der Waals surface area (Å²) < 4.78 is 0. The van der Waals surface area contributed by atoms with Gasteiger partial charge in [0, 0.05) is 12.0 Å². The third-order valence-corrected chi connectivity index (χ3v) is 3.11. The number of nitrogens with zero attached hydrogens (tertiary/aromatic N) is 1. The van der Waals surface area contributed by atoms with Crippen molar-refractivity contribution in [2.24, 2.45) is 5.41 Å². The van der Waals surface area contributed by atoms with Crippen LogP contribution in [0.25, 0.3) is 0 Å². The molecule has 1 aliphatic heterocycles. The van der Waals surface area contributed by atoms with Crippen molar-refractivity contribution < 1.29 is 0 Å². The van der Waals surface area contributed by atoms with Crippen LogP contribution in [0.1, 0.15) is 26.2 Å². The largest absolute Gasteiger partial charge is 0.302 e. The minimum absolute atomic E-state index is 0.402. The quantitative estimate of drug-likeness (QED) is 0.626. The molecule has 0 spiro atoms. The lowest BCUT2D eigenvalue weighted by molar-refractivity contribution is 0.236. The first-order valence-electron chi connectivity index (χ1n) is 5.35. The minimum atomic E-state index is 0.402. The van der Waals surface area contributed by atoms with Crippen molar-refractivity contribution in [3.63, 3.8) is 0 Å². The van der Waals surface area contributed by atoms with Crippen LogP contribution < -0.4 is 0 Å². The van der Waals surface area contributed by atoms with Gasteiger partial charge in [-0.15, -0.1) is 0 Å². The normalized spacial score (nSPS) is 34.2. The lowest BCUT2D eigenvalue weighted by Crippen LogP contribution is -2.33. The molecule has 1 fully saturated rings. The fraction of sp³-hybridized carbons (Fsp3) is 0.667. The summed E-state index contributed by atoms with van der Waals surface area (Å²) in [5.74, 6) is 0. The highest BCUT2D eigenvalue weighted by Gasteiger charge is 2.25. The molecule has 0 saturated carbocycles. The molecule has 0 aromatic rings. The Morgan fingerprint density at radius 2 is 2.00 bits per heavy atom. The van der Waals surface area contributed by atoms with Gasteiger partial charge in [0.1, 0.15) is 0 Å². The van der Waals surface area contributed by atoms with Gasteiger partial charge in [0.15, 0.2) is 0 Å². The van der Waals surface area contributed by atoms with Crippen molar-refractivity contribution in [2.45, 2.75) is 26.2 Å². The number of likely N-dealkylation sites (tertiary alicyclic amines) is 1. The smallest absolute Gasteiger partial charge is 0.00731 e. The summed E-state index contributed by atoms with van der Waals surface area (Å²) in [7, 11) is 0. The van der Waals surface area contributed by atoms with Crippen LogP contribution in [0, 0.1) is 5.41 Å². The molecule has 0 bridgehead atoms. The molecular weight excluding hydrogens is 158 g/mol. The first-order valence-corrected chi connectivity index (χ1v) is 5.35. The standard InChI is InChI=1S/C12H19N/c1-12(7-3-2-4-8-12)11-13-9-5-6-10-13/h2-4,7H,5-6,8-11H2,1H3. The molecule has 2 aliphatic rings. The highest BCUT2D eigenvalue weighted by Crippen LogP contribution is 2.29. The Bertz CT molecular complexity index is 223. The van der Waals surface area contributed by atoms with E-state index in [0.717, 1.165) is 0 Å². The van der Waals surface area contributed by atoms with E-state index < -0.39 is 0 Å². The van der Waals surface area contributed by atoms with Gasteiger partial charge >= 0.3 is 0 Å². The number of rotatable bonds is 2. The summed E-state index contributed by atoms with van der Waals surface area (Å²) in [4.78, 5) is 2.60. The first kappa shape index (κ1) is 9.01. The highest BCUT2D eigenvalue weighted by atomic mass is 15.1. The summed E-state index contributed by atoms with van der Waals surface area (Å²) in [6.45, 7) is 6.24. The lowest BCUT2D eigenvalue weighted by atomic mass is 9.83. The van der Waals surface area contributed by atoms with Crippen molar-refractivity contribution in [2.75, 3.05) is 19.6 Å². The Hall–Kier alpha value is -0.560. The van der Waals surface area contributed by atoms with Gasteiger partial charge in [-0.3, -0.25) is 0 Å². The predicted molar refractivity (Wildman–Crippen MR) is 56.7 cm³/mol. The van der Waals surface area contributed by atoms with Gasteiger partial charge in [-0.2, -0.15) is 0 Å². The summed E-state index contributed by atoms with van der Waals surface area (Å²) in [6, 6.07) is 0. The molecule has 1 heterocycles. The molecule has 1 saturated heterocycles. The van der Waals surface area contributed by atoms with Crippen LogP contribution in [0.15, 0.2) is 24.3 Å². The Morgan fingerprint density at radius 1 is 1.23 bits per heavy atom. The van der Waals surface area contributed by atoms with E-state index in [1.165, 1.54) is 38.9 Å². The topological polar surface area (TPSA) is 3.24 Å². The number of hydrogen-bond donors (Lipinski definition) is 0. The summed E-state index contributed by atoms with van der Waals surface area (Å²) in [5, 5.41) is 0. The first-order chi connectivity index (χ1) is 6.29. The maximum absolute atomic E-state index is 2.60. The highest BCUT2D eigenvalue weighted by molar-refractivity contribution is 5.16. The Kier molecular flexibility index (Phi) is 2.54. The van der Waals surface area contributed by atoms with Crippen molar-refractivity contribution in [3.8, 4) is 0 Å². The van der Waals surface area contributed by atoms with E-state index in [4.69, 9.17) is 0 Å². The second kappa shape index (κ2) is 3.67. The molecule has 0 radical (unpaired) electrons. The van der Waals surface area contributed by atoms with E-state index in [9.17, 15) is 0 Å². The Balaban J connectivity index is 1.92. The Morgan fingerprint density at radius 3 is 2.62 bits per heavy atom. The maximum Gasteiger partial charge on any atom is 0.00731 e. The van der Waals surface area contributed by atoms with Crippen LogP contribution in [0.3, 0.4) is 0 Å². The zero-order valence-corrected chi connectivity index (χ0v) is 8.50. The van der Waals surface area contributed by atoms with Gasteiger partial charge in [0.2, 0.25) is 0 Å². The summed E-state index contributed by atoms with van der Waals surface area (Å²) >= 11 is 0. The molecule has 1 aliphatic carbocycles. The van der Waals surface area contributed by atoms with Crippen LogP contribution >= 0.6 is 0 Å². The third-order valence-electron chi connectivity index (χ3n) is 3.11. The minimum Gasteiger partial charge on any atom is -0.302 e. The van der Waals surface area contributed by atoms with Crippen molar-refractivity contribution in [1.82, 2.24) is 4.90 Å². The second-order valence-corrected chi connectivity index (χ2v) is 4.63. The lowest BCUT2D eigenvalue weighted by Gasteiger charge is -2.31. The van der Waals surface area contributed by atoms with Crippen LogP contribution in [-0.2, 0) is 0 Å². The van der Waals surface area contributed by atoms with Crippen molar-refractivity contribution in [1.29, 1.82) is 0 Å². The fourth-order valence-electron chi connectivity index (χ4n) is 2.34. The van der Waals surface area contributed by atoms with E-state index in [-0.39, 0.29) is 0 Å². The van der Waals surface area contributed by atoms with E-state index in [2.05, 4.69) is 36.1 Å². The molecule has 0 aromatic carbocycles. The van der Waals surface area contributed by atoms with Gasteiger partial charge in [-0.25, -0.2) is 0 Å². The van der Waals surface area contributed by atoms with E-state index in [0.29, 0.717) is 5.41 Å². The van der Waals surface area contributed by atoms with Gasteiger partial charge in [0.25, 0.3) is 0 Å². The summed E-state index contributed by atoms with van der Waals surface area (Å²) in [6.07, 6.45) is 13.0. The van der Waals surface area contributed by atoms with Crippen molar-refractivity contribution in [3.05, 3.63) is 24.3 Å². The molecule has 1 unspecified atom stereocenters. The van der Waals surface area contributed by atoms with Gasteiger partial charge in [0.05, 0.1) is 0 Å². The molecule has 72 valence electrons. The van der Waals surface area contributed by atoms with Crippen LogP contribution in [0.2, 0.25) is 0 Å². The molecular formula is C12H19N. The molecule has 1 heteroatoms. The maximum atomic E-state index is 2.60. The van der Waals surface area contributed by atoms with Gasteiger partial charge < -0.3 is 4.90 Å². The number of allylic oxidation sites excluding steroid dienone is 3. The molecule has 1 atom stereocenters. The summed E-state index contributed by atoms with van der Waals surface area (Å²) in [5.41, 5.74) is 0.402. The van der Waals surface area contributed by atoms with E-state index in [1.807, 2.05) is 0 Å². The average Bonchev–Trinajstić information content (AvgIpc) is 2.57. The SMILES string of the molecule is CC1(CN2CCCC2)C=CC=CC1. The fourth-order valence-corrected chi connectivity index (χ4v) is 2.34. The van der Waals surface area contributed by atoms with Crippen molar-refractivity contribution >= 4 is 0 Å². The molecule has 0 amide bonds. The molecule has 0 aromatic heterocycles. The average molecular weight is 177 g/mol. The van der Waals surface area contributed by atoms with Crippen LogP contribution in [0.4, 0.5) is 0 Å². The van der Waals surface area contributed by atoms with Crippen LogP contribution in [0.5, 0.6) is 0 Å². The second-order valence-electron chi connectivity index (χ2n) is 4.63. The molecule has 13 heavy (non-hydrogen) atoms. The predicted octanol–water partition coefficient (Wildman–Crippen LogP) is 2.60. The van der Waals surface area contributed by atoms with E-state index >= 15 is 0 Å². The molecule has 2 rings (SSSR count). The molecule has 1 nitrogen and oxygen atoms in total. The van der Waals surface area contributed by atoms with Gasteiger partial charge in [-0.05, 0) is 32.4 Å². The zero-order chi connectivity index (χ0) is 9.15. The van der Waals surface area contributed by atoms with Gasteiger partial charge in [-0.1, -0.05) is 31.2 Å². The monoisotopic (exact) mass is 177 g/mol. The zero-order valence-electron chi connectivity index (χ0n) is 8.50. The molecule has 0 N–H and O–H groups in total. The van der Waals surface area contributed by atoms with Crippen LogP contribution in [-0.4, -0.2) is 24.5 Å². The third kappa shape index (κ3) is 2.22. The number of hydrogen-bond acceptors (Lipinski definition) is 1. The van der Waals surface area contributed by atoms with E-state index in [1.54, 1.807) is 0 Å². The Labute approximate surface area is 81.1 Å².